The Kier molecular flexibility index (Phi) is 7.43. The number of hydrogen-bond donors (Lipinski definition) is 0. The number of halogens is 1. The van der Waals surface area contributed by atoms with Gasteiger partial charge in [-0.25, -0.2) is 0 Å². The van der Waals surface area contributed by atoms with Gasteiger partial charge in [-0.05, 0) is 22.6 Å². The van der Waals surface area contributed by atoms with Gasteiger partial charge in [-0.15, -0.1) is 20.4 Å². The minimum absolute atomic E-state index is 0.487. The Balaban J connectivity index is 0.000000211. The molecule has 2 rings (SSSR count). The van der Waals surface area contributed by atoms with Gasteiger partial charge in [0, 0.05) is 18.2 Å². The third-order valence-corrected chi connectivity index (χ3v) is 2.90. The van der Waals surface area contributed by atoms with Gasteiger partial charge >= 0.3 is 0 Å². The fourth-order valence-corrected chi connectivity index (χ4v) is 1.70. The van der Waals surface area contributed by atoms with Crippen LogP contribution < -0.4 is 18.9 Å². The molecule has 0 radical (unpaired) electrons. The van der Waals surface area contributed by atoms with Gasteiger partial charge in [0.1, 0.15) is 0 Å². The quantitative estimate of drug-likeness (QED) is 0.708. The van der Waals surface area contributed by atoms with Crippen LogP contribution in [-0.2, 0) is 0 Å². The fourth-order valence-electron chi connectivity index (χ4n) is 1.11. The molecule has 0 saturated heterocycles. The summed E-state index contributed by atoms with van der Waals surface area (Å²) in [7, 11) is 6.18. The molecule has 0 amide bonds. The fraction of sp³-hybridized carbons (Fsp3) is 0.333. The van der Waals surface area contributed by atoms with E-state index in [0.29, 0.717) is 23.5 Å². The van der Waals surface area contributed by atoms with E-state index in [2.05, 4.69) is 43.0 Å². The summed E-state index contributed by atoms with van der Waals surface area (Å²) in [6.45, 7) is 0. The van der Waals surface area contributed by atoms with Gasteiger partial charge < -0.3 is 18.9 Å². The highest BCUT2D eigenvalue weighted by atomic mass is 127. The first-order chi connectivity index (χ1) is 10.1. The van der Waals surface area contributed by atoms with E-state index in [1.54, 1.807) is 32.4 Å². The monoisotopic (exact) mass is 406 g/mol. The highest BCUT2D eigenvalue weighted by Gasteiger charge is 2.03. The van der Waals surface area contributed by atoms with Crippen LogP contribution in [0.1, 0.15) is 0 Å². The topological polar surface area (TPSA) is 88.5 Å². The lowest BCUT2D eigenvalue weighted by molar-refractivity contribution is 0.364. The van der Waals surface area contributed by atoms with E-state index >= 15 is 0 Å². The zero-order valence-corrected chi connectivity index (χ0v) is 14.2. The smallest absolute Gasteiger partial charge is 0.247 e. The van der Waals surface area contributed by atoms with Crippen LogP contribution >= 0.6 is 22.6 Å². The molecule has 2 aromatic rings. The van der Waals surface area contributed by atoms with Gasteiger partial charge in [-0.3, -0.25) is 0 Å². The lowest BCUT2D eigenvalue weighted by Gasteiger charge is -2.01. The van der Waals surface area contributed by atoms with E-state index in [9.17, 15) is 0 Å². The van der Waals surface area contributed by atoms with Crippen LogP contribution in [0, 0.1) is 3.57 Å². The van der Waals surface area contributed by atoms with Crippen molar-refractivity contribution in [2.75, 3.05) is 28.4 Å². The molecule has 0 aliphatic rings. The van der Waals surface area contributed by atoms with Crippen LogP contribution in [0.3, 0.4) is 0 Å². The number of aromatic nitrogens is 4. The first kappa shape index (κ1) is 17.1. The minimum atomic E-state index is 0.487. The molecular weight excluding hydrogens is 391 g/mol. The van der Waals surface area contributed by atoms with Crippen LogP contribution in [0.2, 0.25) is 0 Å². The average molecular weight is 406 g/mol. The first-order valence-electron chi connectivity index (χ1n) is 5.67. The Morgan fingerprint density at radius 3 is 1.52 bits per heavy atom. The van der Waals surface area contributed by atoms with Crippen molar-refractivity contribution in [3.8, 4) is 23.5 Å². The molecular formula is C12H15IN4O4. The maximum atomic E-state index is 4.91. The van der Waals surface area contributed by atoms with Crippen molar-refractivity contribution in [3.05, 3.63) is 21.8 Å². The lowest BCUT2D eigenvalue weighted by Crippen LogP contribution is -1.96. The SMILES string of the molecule is COc1cc(I)c(OC)nn1.COc1ccc(OC)nn1. The Hall–Kier alpha value is -1.91. The van der Waals surface area contributed by atoms with E-state index in [0.717, 1.165) is 3.57 Å². The number of nitrogens with zero attached hydrogens (tertiary/aromatic N) is 4. The van der Waals surface area contributed by atoms with Crippen LogP contribution in [0.25, 0.3) is 0 Å². The van der Waals surface area contributed by atoms with E-state index in [1.807, 2.05) is 0 Å². The molecule has 21 heavy (non-hydrogen) atoms. The van der Waals surface area contributed by atoms with E-state index in [1.165, 1.54) is 14.2 Å². The molecule has 0 fully saturated rings. The van der Waals surface area contributed by atoms with Crippen molar-refractivity contribution in [3.63, 3.8) is 0 Å². The molecule has 0 saturated carbocycles. The molecule has 114 valence electrons. The Labute approximate surface area is 135 Å². The first-order valence-corrected chi connectivity index (χ1v) is 6.75. The minimum Gasteiger partial charge on any atom is -0.480 e. The third-order valence-electron chi connectivity index (χ3n) is 2.13. The summed E-state index contributed by atoms with van der Waals surface area (Å²) in [5, 5.41) is 14.8. The van der Waals surface area contributed by atoms with Crippen LogP contribution in [0.15, 0.2) is 18.2 Å². The van der Waals surface area contributed by atoms with Crippen molar-refractivity contribution in [1.29, 1.82) is 0 Å². The van der Waals surface area contributed by atoms with Gasteiger partial charge in [0.25, 0.3) is 0 Å². The van der Waals surface area contributed by atoms with Crippen molar-refractivity contribution < 1.29 is 18.9 Å². The normalized spacial score (nSPS) is 9.19. The van der Waals surface area contributed by atoms with Gasteiger partial charge in [-0.2, -0.15) is 0 Å². The van der Waals surface area contributed by atoms with E-state index in [-0.39, 0.29) is 0 Å². The molecule has 0 spiro atoms. The van der Waals surface area contributed by atoms with Gasteiger partial charge in [0.15, 0.2) is 0 Å². The van der Waals surface area contributed by atoms with Gasteiger partial charge in [0.05, 0.1) is 32.0 Å². The van der Waals surface area contributed by atoms with Crippen molar-refractivity contribution in [2.45, 2.75) is 0 Å². The van der Waals surface area contributed by atoms with Crippen LogP contribution in [-0.4, -0.2) is 48.8 Å². The number of hydrogen-bond acceptors (Lipinski definition) is 8. The summed E-state index contributed by atoms with van der Waals surface area (Å²) in [5.74, 6) is 1.99. The van der Waals surface area contributed by atoms with E-state index in [4.69, 9.17) is 18.9 Å². The lowest BCUT2D eigenvalue weighted by atomic mass is 10.5. The third kappa shape index (κ3) is 5.53. The molecule has 0 unspecified atom stereocenters. The molecule has 0 aliphatic carbocycles. The molecule has 8 nitrogen and oxygen atoms in total. The van der Waals surface area contributed by atoms with Gasteiger partial charge in [-0.1, -0.05) is 0 Å². The molecule has 9 heteroatoms. The van der Waals surface area contributed by atoms with Crippen molar-refractivity contribution >= 4 is 22.6 Å². The highest BCUT2D eigenvalue weighted by molar-refractivity contribution is 14.1. The molecule has 2 heterocycles. The molecule has 0 aliphatic heterocycles. The predicted molar refractivity (Wildman–Crippen MR) is 83.0 cm³/mol. The summed E-state index contributed by atoms with van der Waals surface area (Å²) in [6.07, 6.45) is 0. The average Bonchev–Trinajstić information content (AvgIpc) is 2.55. The zero-order chi connectivity index (χ0) is 15.7. The van der Waals surface area contributed by atoms with Crippen molar-refractivity contribution in [1.82, 2.24) is 20.4 Å². The molecule has 0 aromatic carbocycles. The molecule has 0 bridgehead atoms. The summed E-state index contributed by atoms with van der Waals surface area (Å²) >= 11 is 2.10. The summed E-state index contributed by atoms with van der Waals surface area (Å²) in [4.78, 5) is 0. The second-order valence-electron chi connectivity index (χ2n) is 3.36. The molecule has 2 aromatic heterocycles. The van der Waals surface area contributed by atoms with Crippen LogP contribution in [0.5, 0.6) is 23.5 Å². The predicted octanol–water partition coefficient (Wildman–Crippen LogP) is 1.59. The Bertz CT molecular complexity index is 530. The zero-order valence-electron chi connectivity index (χ0n) is 12.0. The summed E-state index contributed by atoms with van der Waals surface area (Å²) < 4.78 is 20.2. The Morgan fingerprint density at radius 1 is 0.714 bits per heavy atom. The number of ether oxygens (including phenoxy) is 4. The summed E-state index contributed by atoms with van der Waals surface area (Å²) in [5.41, 5.74) is 0. The van der Waals surface area contributed by atoms with Gasteiger partial charge in [0.2, 0.25) is 23.5 Å². The molecule has 0 N–H and O–H groups in total. The summed E-state index contributed by atoms with van der Waals surface area (Å²) in [6, 6.07) is 5.13. The second-order valence-corrected chi connectivity index (χ2v) is 4.52. The van der Waals surface area contributed by atoms with E-state index < -0.39 is 0 Å². The van der Waals surface area contributed by atoms with Crippen molar-refractivity contribution in [2.24, 2.45) is 0 Å². The maximum Gasteiger partial charge on any atom is 0.247 e. The number of methoxy groups -OCH3 is 4. The number of rotatable bonds is 4. The largest absolute Gasteiger partial charge is 0.480 e. The standard InChI is InChI=1S/C6H7IN2O2.C6H8N2O2/c1-10-5-3-4(7)6(11-2)9-8-5;1-9-5-3-4-6(10-2)8-7-5/h3H,1-2H3;3-4H,1-2H3. The maximum absolute atomic E-state index is 4.91. The highest BCUT2D eigenvalue weighted by Crippen LogP contribution is 2.19. The molecule has 0 atom stereocenters. The second kappa shape index (κ2) is 9.10. The van der Waals surface area contributed by atoms with Crippen LogP contribution in [0.4, 0.5) is 0 Å². The Morgan fingerprint density at radius 2 is 1.19 bits per heavy atom.